The molecule has 6 rings (SSSR count). The van der Waals surface area contributed by atoms with Gasteiger partial charge in [-0.25, -0.2) is 9.48 Å². The number of nitrogens with two attached hydrogens (primary N) is 1. The molecule has 0 radical (unpaired) electrons. The first-order chi connectivity index (χ1) is 25.1. The van der Waals surface area contributed by atoms with Gasteiger partial charge >= 0.3 is 18.0 Å². The molecular formula is C36H44F6N8O3. The van der Waals surface area contributed by atoms with Gasteiger partial charge in [0.1, 0.15) is 0 Å². The molecule has 17 heteroatoms. The van der Waals surface area contributed by atoms with Crippen molar-refractivity contribution in [2.24, 2.45) is 5.92 Å². The Morgan fingerprint density at radius 2 is 1.38 bits per heavy atom. The molecular weight excluding hydrogens is 706 g/mol. The fraction of sp³-hybridized carbons (Fsp3) is 0.556. The highest BCUT2D eigenvalue weighted by molar-refractivity contribution is 5.86. The average molecular weight is 751 g/mol. The van der Waals surface area contributed by atoms with Crippen molar-refractivity contribution in [3.8, 4) is 11.4 Å². The van der Waals surface area contributed by atoms with Crippen molar-refractivity contribution in [2.75, 3.05) is 65.1 Å². The van der Waals surface area contributed by atoms with Crippen LogP contribution in [-0.4, -0.2) is 112 Å². The number of H-pyrrole nitrogens is 1. The van der Waals surface area contributed by atoms with Gasteiger partial charge in [0.25, 0.3) is 0 Å². The third kappa shape index (κ3) is 8.88. The van der Waals surface area contributed by atoms with Crippen molar-refractivity contribution < 1.29 is 35.9 Å². The van der Waals surface area contributed by atoms with Gasteiger partial charge in [0.2, 0.25) is 11.8 Å². The number of hydrogen-bond donors (Lipinski definition) is 2. The number of amides is 2. The zero-order valence-electron chi connectivity index (χ0n) is 29.4. The summed E-state index contributed by atoms with van der Waals surface area (Å²) in [6.07, 6.45) is -9.19. The monoisotopic (exact) mass is 750 g/mol. The molecule has 3 aromatic rings. The van der Waals surface area contributed by atoms with Gasteiger partial charge in [-0.1, -0.05) is 30.3 Å². The Morgan fingerprint density at radius 3 is 1.94 bits per heavy atom. The number of halogens is 6. The van der Waals surface area contributed by atoms with E-state index in [9.17, 15) is 40.7 Å². The number of rotatable bonds is 8. The number of anilines is 1. The second-order valence-electron chi connectivity index (χ2n) is 14.3. The molecule has 3 N–H and O–H groups in total. The number of nitrogens with one attached hydrogen (secondary N) is 1. The van der Waals surface area contributed by atoms with Crippen LogP contribution in [0.4, 0.5) is 32.0 Å². The molecule has 53 heavy (non-hydrogen) atoms. The fourth-order valence-corrected chi connectivity index (χ4v) is 7.74. The summed E-state index contributed by atoms with van der Waals surface area (Å²) in [6, 6.07) is 10.2. The Kier molecular flexibility index (Phi) is 11.2. The number of carbonyl (C=O) groups excluding carboxylic acids is 2. The van der Waals surface area contributed by atoms with Crippen molar-refractivity contribution in [3.63, 3.8) is 0 Å². The van der Waals surface area contributed by atoms with Crippen LogP contribution in [0.5, 0.6) is 0 Å². The van der Waals surface area contributed by atoms with E-state index in [1.807, 2.05) is 30.3 Å². The second-order valence-corrected chi connectivity index (χ2v) is 14.3. The molecule has 0 saturated carbocycles. The zero-order valence-corrected chi connectivity index (χ0v) is 29.4. The first-order valence-electron chi connectivity index (χ1n) is 17.9. The Labute approximate surface area is 302 Å². The summed E-state index contributed by atoms with van der Waals surface area (Å²) in [7, 11) is 2.06. The number of nitrogen functional groups attached to an aromatic ring is 1. The molecule has 11 nitrogen and oxygen atoms in total. The van der Waals surface area contributed by atoms with Gasteiger partial charge in [-0.15, -0.1) is 5.10 Å². The Hall–Kier alpha value is -4.38. The highest BCUT2D eigenvalue weighted by Crippen LogP contribution is 2.42. The standard InChI is InChI=1S/C36H44F6N8O3/c1-46-15-17-47(18-16-46)26-7-13-49(14-8-26)33(52)25(19-23-20-28(35(37,38)39)31(43)29(21-23)36(40,41)42)22-30(51)48-11-9-27(10-12-48)50-34(53)44-32(45-50)24-5-3-2-4-6-24/h2-6,20-21,25-27H,7-19,22,43H2,1H3,(H,44,45,53)/t25-/m0/s1. The Morgan fingerprint density at radius 1 is 0.830 bits per heavy atom. The summed E-state index contributed by atoms with van der Waals surface area (Å²) in [5, 5.41) is 4.46. The maximum atomic E-state index is 14.1. The van der Waals surface area contributed by atoms with E-state index >= 15 is 0 Å². The van der Waals surface area contributed by atoms with Crippen LogP contribution in [-0.2, 0) is 28.4 Å². The highest BCUT2D eigenvalue weighted by Gasteiger charge is 2.42. The molecule has 0 unspecified atom stereocenters. The molecule has 0 aliphatic carbocycles. The number of likely N-dealkylation sites (tertiary alicyclic amines) is 2. The number of carbonyl (C=O) groups is 2. The van der Waals surface area contributed by atoms with Gasteiger partial charge < -0.3 is 20.4 Å². The molecule has 3 aliphatic heterocycles. The smallest absolute Gasteiger partial charge is 0.398 e. The molecule has 3 fully saturated rings. The molecule has 0 spiro atoms. The lowest BCUT2D eigenvalue weighted by atomic mass is 9.90. The number of benzene rings is 2. The lowest BCUT2D eigenvalue weighted by Gasteiger charge is -2.42. The predicted octanol–water partition coefficient (Wildman–Crippen LogP) is 4.51. The molecule has 0 bridgehead atoms. The van der Waals surface area contributed by atoms with Crippen molar-refractivity contribution in [2.45, 2.75) is 63.0 Å². The first-order valence-corrected chi connectivity index (χ1v) is 17.9. The largest absolute Gasteiger partial charge is 0.418 e. The van der Waals surface area contributed by atoms with E-state index in [4.69, 9.17) is 5.73 Å². The molecule has 2 amide bonds. The number of hydrogen-bond acceptors (Lipinski definition) is 7. The van der Waals surface area contributed by atoms with Crippen LogP contribution in [0.15, 0.2) is 47.3 Å². The highest BCUT2D eigenvalue weighted by atomic mass is 19.4. The lowest BCUT2D eigenvalue weighted by Crippen LogP contribution is -2.53. The normalized spacial score (nSPS) is 19.5. The van der Waals surface area contributed by atoms with Crippen LogP contribution < -0.4 is 11.4 Å². The Balaban J connectivity index is 1.18. The van der Waals surface area contributed by atoms with Gasteiger partial charge in [-0.3, -0.25) is 19.5 Å². The van der Waals surface area contributed by atoms with Gasteiger partial charge in [0.15, 0.2) is 5.82 Å². The summed E-state index contributed by atoms with van der Waals surface area (Å²) in [5.41, 5.74) is 0.617. The van der Waals surface area contributed by atoms with E-state index in [0.717, 1.165) is 31.7 Å². The van der Waals surface area contributed by atoms with Crippen molar-refractivity contribution in [3.05, 3.63) is 69.6 Å². The third-order valence-electron chi connectivity index (χ3n) is 10.8. The average Bonchev–Trinajstić information content (AvgIpc) is 3.53. The molecule has 3 saturated heterocycles. The number of aromatic amines is 1. The van der Waals surface area contributed by atoms with E-state index in [2.05, 4.69) is 26.9 Å². The quantitative estimate of drug-likeness (QED) is 0.257. The van der Waals surface area contributed by atoms with E-state index in [-0.39, 0.29) is 30.7 Å². The number of piperidine rings is 2. The topological polar surface area (TPSA) is 124 Å². The van der Waals surface area contributed by atoms with Gasteiger partial charge in [0, 0.05) is 70.4 Å². The summed E-state index contributed by atoms with van der Waals surface area (Å²) < 4.78 is 84.7. The van der Waals surface area contributed by atoms with Crippen LogP contribution in [0.1, 0.15) is 54.8 Å². The maximum absolute atomic E-state index is 14.1. The third-order valence-corrected chi connectivity index (χ3v) is 10.8. The predicted molar refractivity (Wildman–Crippen MR) is 184 cm³/mol. The Bertz CT molecular complexity index is 1770. The van der Waals surface area contributed by atoms with Crippen molar-refractivity contribution in [1.82, 2.24) is 34.4 Å². The fourth-order valence-electron chi connectivity index (χ4n) is 7.74. The first kappa shape index (κ1) is 38.3. The van der Waals surface area contributed by atoms with Gasteiger partial charge in [0.05, 0.1) is 28.8 Å². The van der Waals surface area contributed by atoms with Crippen LogP contribution in [0.3, 0.4) is 0 Å². The van der Waals surface area contributed by atoms with Crippen LogP contribution >= 0.6 is 0 Å². The molecule has 2 aromatic carbocycles. The number of aromatic nitrogens is 3. The zero-order chi connectivity index (χ0) is 38.1. The van der Waals surface area contributed by atoms with Crippen molar-refractivity contribution >= 4 is 17.5 Å². The van der Waals surface area contributed by atoms with E-state index in [0.29, 0.717) is 56.7 Å². The van der Waals surface area contributed by atoms with Crippen LogP contribution in [0, 0.1) is 5.92 Å². The molecule has 1 atom stereocenters. The number of piperazine rings is 1. The minimum absolute atomic E-state index is 0.221. The van der Waals surface area contributed by atoms with E-state index < -0.39 is 65.4 Å². The van der Waals surface area contributed by atoms with Crippen LogP contribution in [0.2, 0.25) is 0 Å². The summed E-state index contributed by atoms with van der Waals surface area (Å²) in [5.74, 6) is -1.74. The van der Waals surface area contributed by atoms with Crippen molar-refractivity contribution in [1.29, 1.82) is 0 Å². The second kappa shape index (κ2) is 15.5. The molecule has 288 valence electrons. The summed E-state index contributed by atoms with van der Waals surface area (Å²) in [4.78, 5) is 51.1. The maximum Gasteiger partial charge on any atom is 0.418 e. The van der Waals surface area contributed by atoms with Gasteiger partial charge in [-0.05, 0) is 56.8 Å². The van der Waals surface area contributed by atoms with Gasteiger partial charge in [-0.2, -0.15) is 26.3 Å². The SMILES string of the molecule is CN1CCN(C2CCN(C(=O)[C@H](CC(=O)N3CCC(n4nc(-c5ccccc5)[nH]c4=O)CC3)Cc3cc(C(F)(F)F)c(N)c(C(F)(F)F)c3)CC2)CC1. The van der Waals surface area contributed by atoms with E-state index in [1.165, 1.54) is 9.58 Å². The number of likely N-dealkylation sites (N-methyl/N-ethyl adjacent to an activating group) is 1. The molecule has 4 heterocycles. The minimum Gasteiger partial charge on any atom is -0.398 e. The molecule has 3 aliphatic rings. The molecule has 1 aromatic heterocycles. The summed E-state index contributed by atoms with van der Waals surface area (Å²) in [6.45, 7) is 4.80. The minimum atomic E-state index is -5.18. The summed E-state index contributed by atoms with van der Waals surface area (Å²) >= 11 is 0. The lowest BCUT2D eigenvalue weighted by molar-refractivity contribution is -0.143. The number of nitrogens with zero attached hydrogens (tertiary/aromatic N) is 6. The number of alkyl halides is 6. The van der Waals surface area contributed by atoms with E-state index in [1.54, 1.807) is 4.90 Å². The van der Waals surface area contributed by atoms with Crippen LogP contribution in [0.25, 0.3) is 11.4 Å².